The molecule has 3 aromatic rings. The summed E-state index contributed by atoms with van der Waals surface area (Å²) in [6.07, 6.45) is 5.04. The molecule has 0 saturated heterocycles. The van der Waals surface area contributed by atoms with Crippen molar-refractivity contribution in [1.29, 1.82) is 0 Å². The Morgan fingerprint density at radius 2 is 2.14 bits per heavy atom. The molecule has 0 aliphatic carbocycles. The molecule has 28 heavy (non-hydrogen) atoms. The van der Waals surface area contributed by atoms with E-state index in [0.29, 0.717) is 11.6 Å². The molecule has 0 fully saturated rings. The van der Waals surface area contributed by atoms with E-state index in [1.807, 2.05) is 42.1 Å². The van der Waals surface area contributed by atoms with Gasteiger partial charge in [0.2, 0.25) is 5.91 Å². The zero-order valence-electron chi connectivity index (χ0n) is 15.7. The van der Waals surface area contributed by atoms with Gasteiger partial charge in [0.25, 0.3) is 5.91 Å². The number of rotatable bonds is 8. The smallest absolute Gasteiger partial charge is 0.286 e. The first-order valence-corrected chi connectivity index (χ1v) is 8.80. The van der Waals surface area contributed by atoms with Crippen molar-refractivity contribution >= 4 is 11.8 Å². The Morgan fingerprint density at radius 3 is 2.82 bits per heavy atom. The van der Waals surface area contributed by atoms with Crippen LogP contribution < -0.4 is 15.4 Å². The number of amides is 2. The molecule has 8 heteroatoms. The summed E-state index contributed by atoms with van der Waals surface area (Å²) in [5.74, 6) is 1.03. The summed E-state index contributed by atoms with van der Waals surface area (Å²) in [7, 11) is 3.46. The molecule has 2 heterocycles. The number of carbonyl (C=O) groups is 2. The third kappa shape index (κ3) is 4.59. The lowest BCUT2D eigenvalue weighted by Crippen LogP contribution is -2.34. The van der Waals surface area contributed by atoms with Gasteiger partial charge in [-0.3, -0.25) is 9.59 Å². The largest absolute Gasteiger partial charge is 0.497 e. The first kappa shape index (κ1) is 19.2. The van der Waals surface area contributed by atoms with E-state index < -0.39 is 6.04 Å². The predicted octanol–water partition coefficient (Wildman–Crippen LogP) is 2.05. The number of hydrogen-bond acceptors (Lipinski definition) is 5. The van der Waals surface area contributed by atoms with E-state index >= 15 is 0 Å². The Balaban J connectivity index is 1.66. The third-order valence-corrected chi connectivity index (χ3v) is 4.23. The number of imidazole rings is 1. The molecular formula is C20H22N4O4. The van der Waals surface area contributed by atoms with Gasteiger partial charge in [0.1, 0.15) is 17.6 Å². The summed E-state index contributed by atoms with van der Waals surface area (Å²) in [4.78, 5) is 28.7. The second-order valence-electron chi connectivity index (χ2n) is 6.16. The Bertz CT molecular complexity index is 933. The predicted molar refractivity (Wildman–Crippen MR) is 102 cm³/mol. The number of nitrogens with one attached hydrogen (secondary N) is 2. The van der Waals surface area contributed by atoms with E-state index in [2.05, 4.69) is 15.6 Å². The van der Waals surface area contributed by atoms with E-state index in [9.17, 15) is 9.59 Å². The zero-order valence-corrected chi connectivity index (χ0v) is 15.7. The van der Waals surface area contributed by atoms with E-state index in [-0.39, 0.29) is 30.5 Å². The lowest BCUT2D eigenvalue weighted by atomic mass is 10.1. The van der Waals surface area contributed by atoms with Crippen LogP contribution in [0.2, 0.25) is 0 Å². The molecular weight excluding hydrogens is 360 g/mol. The Morgan fingerprint density at radius 1 is 1.29 bits per heavy atom. The van der Waals surface area contributed by atoms with Crippen LogP contribution in [0.1, 0.15) is 34.4 Å². The Hall–Kier alpha value is -3.55. The van der Waals surface area contributed by atoms with Gasteiger partial charge in [-0.15, -0.1) is 0 Å². The highest BCUT2D eigenvalue weighted by molar-refractivity contribution is 5.91. The normalized spacial score (nSPS) is 11.6. The van der Waals surface area contributed by atoms with Gasteiger partial charge >= 0.3 is 0 Å². The minimum absolute atomic E-state index is 0.122. The van der Waals surface area contributed by atoms with Gasteiger partial charge in [0.05, 0.1) is 13.4 Å². The number of methoxy groups -OCH3 is 1. The second kappa shape index (κ2) is 8.90. The highest BCUT2D eigenvalue weighted by atomic mass is 16.5. The lowest BCUT2D eigenvalue weighted by Gasteiger charge is -2.20. The minimum Gasteiger partial charge on any atom is -0.497 e. The maximum absolute atomic E-state index is 12.5. The Labute approximate surface area is 162 Å². The molecule has 1 atom stereocenters. The molecule has 2 aromatic heterocycles. The number of furan rings is 1. The number of benzene rings is 1. The van der Waals surface area contributed by atoms with Crippen molar-refractivity contribution in [2.75, 3.05) is 13.7 Å². The van der Waals surface area contributed by atoms with E-state index in [1.165, 1.54) is 6.26 Å². The summed E-state index contributed by atoms with van der Waals surface area (Å²) < 4.78 is 12.2. The van der Waals surface area contributed by atoms with Gasteiger partial charge in [-0.2, -0.15) is 0 Å². The van der Waals surface area contributed by atoms with E-state index in [0.717, 1.165) is 5.56 Å². The van der Waals surface area contributed by atoms with Gasteiger partial charge in [0, 0.05) is 32.4 Å². The van der Waals surface area contributed by atoms with E-state index in [4.69, 9.17) is 9.15 Å². The van der Waals surface area contributed by atoms with Crippen LogP contribution in [0.15, 0.2) is 59.5 Å². The summed E-state index contributed by atoms with van der Waals surface area (Å²) in [5, 5.41) is 5.64. The lowest BCUT2D eigenvalue weighted by molar-refractivity contribution is -0.121. The molecule has 0 unspecified atom stereocenters. The molecule has 0 aliphatic heterocycles. The number of ether oxygens (including phenoxy) is 1. The van der Waals surface area contributed by atoms with Crippen molar-refractivity contribution in [3.63, 3.8) is 0 Å². The molecule has 0 radical (unpaired) electrons. The zero-order chi connectivity index (χ0) is 19.9. The second-order valence-corrected chi connectivity index (χ2v) is 6.16. The highest BCUT2D eigenvalue weighted by Gasteiger charge is 2.21. The van der Waals surface area contributed by atoms with Gasteiger partial charge in [-0.25, -0.2) is 4.98 Å². The number of nitrogens with zero attached hydrogens (tertiary/aromatic N) is 2. The molecule has 8 nitrogen and oxygen atoms in total. The SMILES string of the molecule is COc1cccc([C@H](NC(=O)CCNC(=O)c2ccco2)c2nccn2C)c1. The molecule has 2 amide bonds. The molecule has 2 N–H and O–H groups in total. The Kier molecular flexibility index (Phi) is 6.11. The van der Waals surface area contributed by atoms with Gasteiger partial charge in [-0.05, 0) is 29.8 Å². The fourth-order valence-corrected chi connectivity index (χ4v) is 2.79. The molecule has 3 rings (SSSR count). The van der Waals surface area contributed by atoms with Crippen LogP contribution in [-0.2, 0) is 11.8 Å². The fraction of sp³-hybridized carbons (Fsp3) is 0.250. The maximum atomic E-state index is 12.5. The summed E-state index contributed by atoms with van der Waals surface area (Å²) in [6.45, 7) is 0.191. The standard InChI is InChI=1S/C20H22N4O4/c1-24-11-10-21-19(24)18(14-5-3-6-15(13-14)27-2)23-17(25)8-9-22-20(26)16-7-4-12-28-16/h3-7,10-13,18H,8-9H2,1-2H3,(H,22,26)(H,23,25)/t18-/m0/s1. The summed E-state index contributed by atoms with van der Waals surface area (Å²) in [5.41, 5.74) is 0.849. The first-order chi connectivity index (χ1) is 13.6. The minimum atomic E-state index is -0.441. The van der Waals surface area contributed by atoms with Crippen molar-refractivity contribution in [2.45, 2.75) is 12.5 Å². The molecule has 0 spiro atoms. The van der Waals surface area contributed by atoms with Crippen molar-refractivity contribution in [2.24, 2.45) is 7.05 Å². The number of aromatic nitrogens is 2. The summed E-state index contributed by atoms with van der Waals surface area (Å²) >= 11 is 0. The van der Waals surface area contributed by atoms with Gasteiger partial charge < -0.3 is 24.4 Å². The molecule has 1 aromatic carbocycles. The quantitative estimate of drug-likeness (QED) is 0.621. The van der Waals surface area contributed by atoms with Crippen LogP contribution >= 0.6 is 0 Å². The molecule has 0 aliphatic rings. The van der Waals surface area contributed by atoms with E-state index in [1.54, 1.807) is 25.4 Å². The van der Waals surface area contributed by atoms with Crippen LogP contribution in [0, 0.1) is 0 Å². The van der Waals surface area contributed by atoms with Gasteiger partial charge in [-0.1, -0.05) is 12.1 Å². The maximum Gasteiger partial charge on any atom is 0.286 e. The van der Waals surface area contributed by atoms with Crippen molar-refractivity contribution in [1.82, 2.24) is 20.2 Å². The number of carbonyl (C=O) groups excluding carboxylic acids is 2. The summed E-state index contributed by atoms with van der Waals surface area (Å²) in [6, 6.07) is 10.2. The number of aryl methyl sites for hydroxylation is 1. The number of hydrogen-bond donors (Lipinski definition) is 2. The molecule has 0 saturated carbocycles. The highest BCUT2D eigenvalue weighted by Crippen LogP contribution is 2.24. The van der Waals surface area contributed by atoms with Crippen LogP contribution in [0.4, 0.5) is 0 Å². The van der Waals surface area contributed by atoms with Crippen molar-refractivity contribution in [3.8, 4) is 5.75 Å². The topological polar surface area (TPSA) is 98.4 Å². The first-order valence-electron chi connectivity index (χ1n) is 8.80. The van der Waals surface area contributed by atoms with Crippen molar-refractivity contribution < 1.29 is 18.7 Å². The van der Waals surface area contributed by atoms with Gasteiger partial charge in [0.15, 0.2) is 5.76 Å². The van der Waals surface area contributed by atoms with Crippen LogP contribution in [-0.4, -0.2) is 35.0 Å². The van der Waals surface area contributed by atoms with Crippen LogP contribution in [0.3, 0.4) is 0 Å². The average molecular weight is 382 g/mol. The fourth-order valence-electron chi connectivity index (χ4n) is 2.79. The molecule has 0 bridgehead atoms. The average Bonchev–Trinajstić information content (AvgIpc) is 3.38. The van der Waals surface area contributed by atoms with Crippen LogP contribution in [0.5, 0.6) is 5.75 Å². The monoisotopic (exact) mass is 382 g/mol. The van der Waals surface area contributed by atoms with Crippen LogP contribution in [0.25, 0.3) is 0 Å². The third-order valence-electron chi connectivity index (χ3n) is 4.23. The van der Waals surface area contributed by atoms with Crippen molar-refractivity contribution in [3.05, 3.63) is 72.2 Å². The molecule has 146 valence electrons.